The number of halogens is 1. The van der Waals surface area contributed by atoms with Gasteiger partial charge in [0, 0.05) is 36.4 Å². The van der Waals surface area contributed by atoms with Crippen molar-refractivity contribution >= 4 is 22.5 Å². The van der Waals surface area contributed by atoms with Gasteiger partial charge in [0.1, 0.15) is 0 Å². The molecule has 1 heterocycles. The molecule has 0 radical (unpaired) electrons. The molecule has 3 heteroatoms. The summed E-state index contributed by atoms with van der Waals surface area (Å²) in [6.07, 6.45) is 2.21. The Labute approximate surface area is 94.1 Å². The van der Waals surface area contributed by atoms with Crippen LogP contribution in [0.1, 0.15) is 5.56 Å². The Morgan fingerprint density at radius 1 is 1.40 bits per heavy atom. The van der Waals surface area contributed by atoms with Crippen LogP contribution in [0.2, 0.25) is 0 Å². The molecule has 0 spiro atoms. The molecule has 1 atom stereocenters. The highest BCUT2D eigenvalue weighted by Crippen LogP contribution is 2.21. The summed E-state index contributed by atoms with van der Waals surface area (Å²) in [6, 6.07) is 8.18. The number of nitrogens with zero attached hydrogens (tertiary/aromatic N) is 1. The smallest absolute Gasteiger partial charge is 0.0716 e. The monoisotopic (exact) mass is 223 g/mol. The lowest BCUT2D eigenvalue weighted by atomic mass is 10.1. The first-order chi connectivity index (χ1) is 7.22. The van der Waals surface area contributed by atoms with Crippen molar-refractivity contribution in [2.75, 3.05) is 5.88 Å². The van der Waals surface area contributed by atoms with Gasteiger partial charge in [-0.15, -0.1) is 11.6 Å². The summed E-state index contributed by atoms with van der Waals surface area (Å²) < 4.78 is 2.08. The van der Waals surface area contributed by atoms with Crippen molar-refractivity contribution in [3.05, 3.63) is 36.0 Å². The van der Waals surface area contributed by atoms with E-state index in [1.165, 1.54) is 10.9 Å². The van der Waals surface area contributed by atoms with Crippen LogP contribution in [0.5, 0.6) is 0 Å². The van der Waals surface area contributed by atoms with E-state index in [0.29, 0.717) is 6.42 Å². The number of aromatic nitrogens is 1. The Morgan fingerprint density at radius 3 is 2.87 bits per heavy atom. The molecule has 1 N–H and O–H groups in total. The number of hydrogen-bond acceptors (Lipinski definition) is 1. The van der Waals surface area contributed by atoms with Crippen LogP contribution in [-0.4, -0.2) is 21.7 Å². The van der Waals surface area contributed by atoms with E-state index in [1.807, 2.05) is 19.2 Å². The SMILES string of the molecule is Cn1cc(CC(O)CCl)c2ccccc21. The van der Waals surface area contributed by atoms with Crippen LogP contribution in [0.4, 0.5) is 0 Å². The summed E-state index contributed by atoms with van der Waals surface area (Å²) in [5.41, 5.74) is 2.34. The highest BCUT2D eigenvalue weighted by Gasteiger charge is 2.09. The number of alkyl halides is 1. The Balaban J connectivity index is 2.43. The van der Waals surface area contributed by atoms with Crippen molar-refractivity contribution in [1.29, 1.82) is 0 Å². The van der Waals surface area contributed by atoms with E-state index < -0.39 is 6.10 Å². The van der Waals surface area contributed by atoms with Gasteiger partial charge in [0.25, 0.3) is 0 Å². The molecule has 0 saturated carbocycles. The zero-order valence-electron chi connectivity index (χ0n) is 8.65. The number of aryl methyl sites for hydroxylation is 1. The predicted molar refractivity (Wildman–Crippen MR) is 63.3 cm³/mol. The minimum Gasteiger partial charge on any atom is -0.392 e. The quantitative estimate of drug-likeness (QED) is 0.794. The molecule has 0 aliphatic carbocycles. The van der Waals surface area contributed by atoms with Gasteiger partial charge in [-0.2, -0.15) is 0 Å². The van der Waals surface area contributed by atoms with Gasteiger partial charge in [-0.05, 0) is 11.6 Å². The molecule has 0 aliphatic rings. The van der Waals surface area contributed by atoms with Gasteiger partial charge in [0.15, 0.2) is 0 Å². The first-order valence-corrected chi connectivity index (χ1v) is 5.53. The number of fused-ring (bicyclic) bond motifs is 1. The van der Waals surface area contributed by atoms with Crippen molar-refractivity contribution in [3.8, 4) is 0 Å². The maximum absolute atomic E-state index is 9.54. The molecule has 15 heavy (non-hydrogen) atoms. The van der Waals surface area contributed by atoms with E-state index >= 15 is 0 Å². The van der Waals surface area contributed by atoms with Crippen LogP contribution >= 0.6 is 11.6 Å². The molecular weight excluding hydrogens is 210 g/mol. The molecule has 0 amide bonds. The highest BCUT2D eigenvalue weighted by molar-refractivity contribution is 6.18. The van der Waals surface area contributed by atoms with Crippen LogP contribution < -0.4 is 0 Å². The molecular formula is C12H14ClNO. The van der Waals surface area contributed by atoms with E-state index in [1.54, 1.807) is 0 Å². The predicted octanol–water partition coefficient (Wildman–Crippen LogP) is 2.32. The van der Waals surface area contributed by atoms with Gasteiger partial charge >= 0.3 is 0 Å². The molecule has 2 nitrogen and oxygen atoms in total. The standard InChI is InChI=1S/C12H14ClNO/c1-14-8-9(6-10(15)7-13)11-4-2-3-5-12(11)14/h2-5,8,10,15H,6-7H2,1H3. The largest absolute Gasteiger partial charge is 0.392 e. The van der Waals surface area contributed by atoms with Crippen molar-refractivity contribution in [2.45, 2.75) is 12.5 Å². The molecule has 0 aliphatic heterocycles. The van der Waals surface area contributed by atoms with E-state index in [0.717, 1.165) is 5.56 Å². The molecule has 0 fully saturated rings. The maximum atomic E-state index is 9.54. The van der Waals surface area contributed by atoms with Crippen LogP contribution in [0, 0.1) is 0 Å². The fourth-order valence-electron chi connectivity index (χ4n) is 1.90. The Kier molecular flexibility index (Phi) is 2.98. The first-order valence-electron chi connectivity index (χ1n) is 4.99. The van der Waals surface area contributed by atoms with E-state index in [4.69, 9.17) is 11.6 Å². The number of benzene rings is 1. The fourth-order valence-corrected chi connectivity index (χ4v) is 2.01. The number of hydrogen-bond donors (Lipinski definition) is 1. The summed E-state index contributed by atoms with van der Waals surface area (Å²) in [7, 11) is 2.01. The second kappa shape index (κ2) is 4.25. The zero-order valence-corrected chi connectivity index (χ0v) is 9.41. The minimum atomic E-state index is -0.461. The summed E-state index contributed by atoms with van der Waals surface area (Å²) in [6.45, 7) is 0. The molecule has 0 bridgehead atoms. The summed E-state index contributed by atoms with van der Waals surface area (Å²) >= 11 is 5.60. The van der Waals surface area contributed by atoms with Gasteiger partial charge in [-0.1, -0.05) is 18.2 Å². The van der Waals surface area contributed by atoms with E-state index in [9.17, 15) is 5.11 Å². The van der Waals surface area contributed by atoms with Gasteiger partial charge in [-0.3, -0.25) is 0 Å². The Morgan fingerprint density at radius 2 is 2.13 bits per heavy atom. The van der Waals surface area contributed by atoms with Crippen LogP contribution in [0.15, 0.2) is 30.5 Å². The molecule has 1 aromatic carbocycles. The zero-order chi connectivity index (χ0) is 10.8. The molecule has 0 saturated heterocycles. The average molecular weight is 224 g/mol. The van der Waals surface area contributed by atoms with Crippen LogP contribution in [0.3, 0.4) is 0 Å². The van der Waals surface area contributed by atoms with E-state index in [2.05, 4.69) is 22.9 Å². The fraction of sp³-hybridized carbons (Fsp3) is 0.333. The van der Waals surface area contributed by atoms with Crippen molar-refractivity contribution in [3.63, 3.8) is 0 Å². The molecule has 80 valence electrons. The third kappa shape index (κ3) is 2.01. The third-order valence-corrected chi connectivity index (χ3v) is 2.97. The normalized spacial score (nSPS) is 13.3. The Hall–Kier alpha value is -0.990. The summed E-state index contributed by atoms with van der Waals surface area (Å²) in [4.78, 5) is 0. The molecule has 2 rings (SSSR count). The maximum Gasteiger partial charge on any atom is 0.0716 e. The summed E-state index contributed by atoms with van der Waals surface area (Å²) in [5.74, 6) is 0.281. The lowest BCUT2D eigenvalue weighted by Gasteiger charge is -2.04. The summed E-state index contributed by atoms with van der Waals surface area (Å²) in [5, 5.41) is 10.7. The van der Waals surface area contributed by atoms with E-state index in [-0.39, 0.29) is 5.88 Å². The number of rotatable bonds is 3. The lowest BCUT2D eigenvalue weighted by Crippen LogP contribution is -2.11. The van der Waals surface area contributed by atoms with Crippen molar-refractivity contribution < 1.29 is 5.11 Å². The first kappa shape index (κ1) is 10.5. The van der Waals surface area contributed by atoms with Gasteiger partial charge < -0.3 is 9.67 Å². The highest BCUT2D eigenvalue weighted by atomic mass is 35.5. The second-order valence-electron chi connectivity index (χ2n) is 3.79. The number of aliphatic hydroxyl groups is 1. The minimum absolute atomic E-state index is 0.281. The lowest BCUT2D eigenvalue weighted by molar-refractivity contribution is 0.199. The number of para-hydroxylation sites is 1. The molecule has 2 aromatic rings. The Bertz CT molecular complexity index is 464. The topological polar surface area (TPSA) is 25.2 Å². The second-order valence-corrected chi connectivity index (χ2v) is 4.10. The van der Waals surface area contributed by atoms with Crippen molar-refractivity contribution in [2.24, 2.45) is 7.05 Å². The molecule has 1 unspecified atom stereocenters. The van der Waals surface area contributed by atoms with Crippen LogP contribution in [0.25, 0.3) is 10.9 Å². The molecule has 1 aromatic heterocycles. The van der Waals surface area contributed by atoms with Gasteiger partial charge in [-0.25, -0.2) is 0 Å². The average Bonchev–Trinajstić information content (AvgIpc) is 2.57. The van der Waals surface area contributed by atoms with Crippen LogP contribution in [-0.2, 0) is 13.5 Å². The van der Waals surface area contributed by atoms with Crippen molar-refractivity contribution in [1.82, 2.24) is 4.57 Å². The number of aliphatic hydroxyl groups excluding tert-OH is 1. The van der Waals surface area contributed by atoms with Gasteiger partial charge in [0.05, 0.1) is 6.10 Å². The third-order valence-electron chi connectivity index (χ3n) is 2.61. The van der Waals surface area contributed by atoms with Gasteiger partial charge in [0.2, 0.25) is 0 Å².